The summed E-state index contributed by atoms with van der Waals surface area (Å²) >= 11 is 0. The molecule has 0 aromatic carbocycles. The predicted molar refractivity (Wildman–Crippen MR) is 68.5 cm³/mol. The number of hydrogen-bond acceptors (Lipinski definition) is 5. The molecule has 1 aromatic rings. The number of carbonyl (C=O) groups is 1. The lowest BCUT2D eigenvalue weighted by atomic mass is 9.92. The van der Waals surface area contributed by atoms with Crippen LogP contribution < -0.4 is 0 Å². The summed E-state index contributed by atoms with van der Waals surface area (Å²) < 4.78 is 26.7. The second kappa shape index (κ2) is 5.15. The molecule has 1 fully saturated rings. The highest BCUT2D eigenvalue weighted by atomic mass is 32.2. The number of carboxylic acids is 1. The number of β-amino-alcohol motifs (C(OH)–C–C–N with tert-alkyl or cyclic N) is 1. The molecule has 1 aliphatic rings. The van der Waals surface area contributed by atoms with E-state index in [-0.39, 0.29) is 18.0 Å². The highest BCUT2D eigenvalue weighted by Gasteiger charge is 2.46. The summed E-state index contributed by atoms with van der Waals surface area (Å²) in [6.45, 7) is 1.65. The van der Waals surface area contributed by atoms with Crippen LogP contribution in [0.3, 0.4) is 0 Å². The smallest absolute Gasteiger partial charge is 0.325 e. The van der Waals surface area contributed by atoms with Crippen molar-refractivity contribution >= 4 is 16.0 Å². The van der Waals surface area contributed by atoms with Gasteiger partial charge >= 0.3 is 5.97 Å². The van der Waals surface area contributed by atoms with Gasteiger partial charge in [-0.3, -0.25) is 9.48 Å². The Morgan fingerprint density at radius 1 is 1.50 bits per heavy atom. The van der Waals surface area contributed by atoms with Crippen LogP contribution in [0.25, 0.3) is 0 Å². The van der Waals surface area contributed by atoms with Crippen molar-refractivity contribution in [3.8, 4) is 0 Å². The molecule has 20 heavy (non-hydrogen) atoms. The minimum absolute atomic E-state index is 0.0581. The van der Waals surface area contributed by atoms with Gasteiger partial charge in [0.2, 0.25) is 10.0 Å². The third kappa shape index (κ3) is 2.84. The second-order valence-electron chi connectivity index (χ2n) is 5.01. The maximum atomic E-state index is 12.2. The van der Waals surface area contributed by atoms with Gasteiger partial charge in [0.15, 0.2) is 0 Å². The number of hydrogen-bond donors (Lipinski definition) is 2. The molecule has 2 heterocycles. The van der Waals surface area contributed by atoms with Crippen LogP contribution in [-0.2, 0) is 21.4 Å². The standard InChI is InChI=1S/C11H17N3O5S/c1-2-3-11(17)7-14(8-11)20(18,19)9-4-12-13(5-9)6-10(15)16/h4-5,17H,2-3,6-8H2,1H3,(H,15,16). The average molecular weight is 303 g/mol. The molecule has 8 nitrogen and oxygen atoms in total. The van der Waals surface area contributed by atoms with Crippen molar-refractivity contribution in [3.05, 3.63) is 12.4 Å². The van der Waals surface area contributed by atoms with Crippen molar-refractivity contribution in [2.75, 3.05) is 13.1 Å². The maximum Gasteiger partial charge on any atom is 0.325 e. The summed E-state index contributed by atoms with van der Waals surface area (Å²) in [5, 5.41) is 22.3. The van der Waals surface area contributed by atoms with Crippen LogP contribution in [-0.4, -0.2) is 57.4 Å². The molecular formula is C11H17N3O5S. The zero-order valence-electron chi connectivity index (χ0n) is 11.1. The maximum absolute atomic E-state index is 12.2. The predicted octanol–water partition coefficient (Wildman–Crippen LogP) is -0.497. The number of rotatable bonds is 6. The van der Waals surface area contributed by atoms with Gasteiger partial charge in [0.1, 0.15) is 11.4 Å². The van der Waals surface area contributed by atoms with Gasteiger partial charge in [0.05, 0.1) is 11.8 Å². The Kier molecular flexibility index (Phi) is 3.85. The molecule has 0 bridgehead atoms. The third-order valence-corrected chi connectivity index (χ3v) is 4.95. The quantitative estimate of drug-likeness (QED) is 0.733. The van der Waals surface area contributed by atoms with E-state index in [2.05, 4.69) is 5.10 Å². The van der Waals surface area contributed by atoms with Gasteiger partial charge in [-0.25, -0.2) is 8.42 Å². The molecule has 2 N–H and O–H groups in total. The minimum atomic E-state index is -3.71. The molecule has 0 saturated carbocycles. The van der Waals surface area contributed by atoms with Gasteiger partial charge in [-0.15, -0.1) is 0 Å². The summed E-state index contributed by atoms with van der Waals surface area (Å²) in [4.78, 5) is 10.5. The topological polar surface area (TPSA) is 113 Å². The number of aliphatic carboxylic acids is 1. The van der Waals surface area contributed by atoms with Crippen molar-refractivity contribution in [2.45, 2.75) is 36.8 Å². The van der Waals surface area contributed by atoms with Crippen molar-refractivity contribution in [1.82, 2.24) is 14.1 Å². The van der Waals surface area contributed by atoms with Crippen molar-refractivity contribution < 1.29 is 23.4 Å². The van der Waals surface area contributed by atoms with E-state index in [1.165, 1.54) is 10.5 Å². The van der Waals surface area contributed by atoms with Gasteiger partial charge in [-0.05, 0) is 6.42 Å². The van der Waals surface area contributed by atoms with Gasteiger partial charge in [-0.1, -0.05) is 13.3 Å². The highest BCUT2D eigenvalue weighted by molar-refractivity contribution is 7.89. The lowest BCUT2D eigenvalue weighted by Crippen LogP contribution is -2.63. The summed E-state index contributed by atoms with van der Waals surface area (Å²) in [6.07, 6.45) is 3.63. The third-order valence-electron chi connectivity index (χ3n) is 3.20. The van der Waals surface area contributed by atoms with Crippen molar-refractivity contribution in [2.24, 2.45) is 0 Å². The van der Waals surface area contributed by atoms with Crippen LogP contribution >= 0.6 is 0 Å². The van der Waals surface area contributed by atoms with Crippen LogP contribution in [0.1, 0.15) is 19.8 Å². The molecule has 1 aliphatic heterocycles. The van der Waals surface area contributed by atoms with Crippen molar-refractivity contribution in [3.63, 3.8) is 0 Å². The van der Waals surface area contributed by atoms with E-state index in [1.54, 1.807) is 0 Å². The Labute approximate surface area is 116 Å². The molecule has 1 saturated heterocycles. The molecule has 0 spiro atoms. The fraction of sp³-hybridized carbons (Fsp3) is 0.636. The molecule has 112 valence electrons. The van der Waals surface area contributed by atoms with E-state index in [4.69, 9.17) is 5.11 Å². The van der Waals surface area contributed by atoms with E-state index in [0.29, 0.717) is 6.42 Å². The number of carboxylic acid groups (broad SMARTS) is 1. The molecule has 0 atom stereocenters. The van der Waals surface area contributed by atoms with E-state index in [1.807, 2.05) is 6.92 Å². The monoisotopic (exact) mass is 303 g/mol. The SMILES string of the molecule is CCCC1(O)CN(S(=O)(=O)c2cnn(CC(=O)O)c2)C1. The lowest BCUT2D eigenvalue weighted by Gasteiger charge is -2.45. The fourth-order valence-corrected chi connectivity index (χ4v) is 3.81. The Hall–Kier alpha value is -1.45. The molecule has 2 rings (SSSR count). The Morgan fingerprint density at radius 2 is 2.15 bits per heavy atom. The number of nitrogens with zero attached hydrogens (tertiary/aromatic N) is 3. The summed E-state index contributed by atoms with van der Waals surface area (Å²) in [6, 6.07) is 0. The van der Waals surface area contributed by atoms with Crippen molar-refractivity contribution in [1.29, 1.82) is 0 Å². The Bertz CT molecular complexity index is 603. The Balaban J connectivity index is 2.09. The molecule has 0 amide bonds. The molecular weight excluding hydrogens is 286 g/mol. The molecule has 0 aliphatic carbocycles. The van der Waals surface area contributed by atoms with Crippen LogP contribution in [0.15, 0.2) is 17.3 Å². The average Bonchev–Trinajstić information content (AvgIpc) is 2.74. The van der Waals surface area contributed by atoms with Gasteiger partial charge < -0.3 is 10.2 Å². The normalized spacial score (nSPS) is 18.7. The van der Waals surface area contributed by atoms with Gasteiger partial charge in [0.25, 0.3) is 0 Å². The summed E-state index contributed by atoms with van der Waals surface area (Å²) in [5.41, 5.74) is -0.946. The first kappa shape index (κ1) is 14.9. The van der Waals surface area contributed by atoms with E-state index in [9.17, 15) is 18.3 Å². The molecule has 0 unspecified atom stereocenters. The number of aliphatic hydroxyl groups is 1. The first-order valence-electron chi connectivity index (χ1n) is 6.24. The zero-order valence-corrected chi connectivity index (χ0v) is 11.9. The zero-order chi connectivity index (χ0) is 15.0. The van der Waals surface area contributed by atoms with E-state index < -0.39 is 28.1 Å². The van der Waals surface area contributed by atoms with E-state index >= 15 is 0 Å². The van der Waals surface area contributed by atoms with Crippen LogP contribution in [0.5, 0.6) is 0 Å². The molecule has 9 heteroatoms. The van der Waals surface area contributed by atoms with Gasteiger partial charge in [-0.2, -0.15) is 9.40 Å². The van der Waals surface area contributed by atoms with Crippen LogP contribution in [0, 0.1) is 0 Å². The lowest BCUT2D eigenvalue weighted by molar-refractivity contribution is -0.137. The molecule has 0 radical (unpaired) electrons. The fourth-order valence-electron chi connectivity index (χ4n) is 2.26. The molecule has 1 aromatic heterocycles. The first-order valence-corrected chi connectivity index (χ1v) is 7.68. The Morgan fingerprint density at radius 3 is 2.70 bits per heavy atom. The summed E-state index contributed by atoms with van der Waals surface area (Å²) in [5.74, 6) is -1.10. The highest BCUT2D eigenvalue weighted by Crippen LogP contribution is 2.30. The number of aromatic nitrogens is 2. The largest absolute Gasteiger partial charge is 0.480 e. The second-order valence-corrected chi connectivity index (χ2v) is 6.95. The van der Waals surface area contributed by atoms with E-state index in [0.717, 1.165) is 17.3 Å². The van der Waals surface area contributed by atoms with Crippen LogP contribution in [0.4, 0.5) is 0 Å². The van der Waals surface area contributed by atoms with Gasteiger partial charge in [0, 0.05) is 19.3 Å². The number of sulfonamides is 1. The van der Waals surface area contributed by atoms with Crippen LogP contribution in [0.2, 0.25) is 0 Å². The first-order chi connectivity index (χ1) is 9.27. The summed E-state index contributed by atoms with van der Waals surface area (Å²) in [7, 11) is -3.71. The minimum Gasteiger partial charge on any atom is -0.480 e.